The van der Waals surface area contributed by atoms with Crippen LogP contribution in [-0.4, -0.2) is 31.3 Å². The van der Waals surface area contributed by atoms with Crippen LogP contribution in [0.4, 0.5) is 0 Å². The lowest BCUT2D eigenvalue weighted by Gasteiger charge is -2.12. The van der Waals surface area contributed by atoms with Crippen LogP contribution in [0.1, 0.15) is 22.3 Å². The van der Waals surface area contributed by atoms with Crippen LogP contribution in [0.3, 0.4) is 0 Å². The average molecular weight is 329 g/mol. The van der Waals surface area contributed by atoms with Crippen molar-refractivity contribution in [3.63, 3.8) is 0 Å². The van der Waals surface area contributed by atoms with E-state index < -0.39 is 10.0 Å². The van der Waals surface area contributed by atoms with E-state index in [1.54, 1.807) is 0 Å². The Balaban J connectivity index is 2.20. The minimum absolute atomic E-state index is 0.417. The van der Waals surface area contributed by atoms with Crippen molar-refractivity contribution in [3.8, 4) is 0 Å². The van der Waals surface area contributed by atoms with Crippen molar-refractivity contribution < 1.29 is 12.4 Å². The van der Waals surface area contributed by atoms with Gasteiger partial charge in [-0.25, -0.2) is 0 Å². The van der Waals surface area contributed by atoms with E-state index >= 15 is 0 Å². The molecule has 1 heterocycles. The summed E-state index contributed by atoms with van der Waals surface area (Å²) in [4.78, 5) is 0.417. The molecule has 0 saturated carbocycles. The Bertz CT molecular complexity index is 861. The highest BCUT2D eigenvalue weighted by atomic mass is 32.2. The summed E-state index contributed by atoms with van der Waals surface area (Å²) in [7, 11) is -3.58. The molecule has 0 spiro atoms. The second-order valence-corrected chi connectivity index (χ2v) is 7.75. The molecular weight excluding hydrogens is 308 g/mol. The normalized spacial score (nSPS) is 14.9. The van der Waals surface area contributed by atoms with Crippen molar-refractivity contribution in [1.82, 2.24) is 5.32 Å². The zero-order valence-corrected chi connectivity index (χ0v) is 14.4. The Labute approximate surface area is 137 Å². The van der Waals surface area contributed by atoms with E-state index in [1.165, 1.54) is 3.98 Å². The fourth-order valence-corrected chi connectivity index (χ4v) is 5.14. The Kier molecular flexibility index (Phi) is 3.98. The minimum atomic E-state index is -3.58. The van der Waals surface area contributed by atoms with Gasteiger partial charge in [-0.05, 0) is 44.0 Å². The first-order valence-electron chi connectivity index (χ1n) is 7.68. The predicted octanol–water partition coefficient (Wildman–Crippen LogP) is 2.36. The topological polar surface area (TPSA) is 49.2 Å². The van der Waals surface area contributed by atoms with Crippen LogP contribution in [0.2, 0.25) is 0 Å². The molecule has 0 amide bonds. The van der Waals surface area contributed by atoms with Crippen LogP contribution in [0, 0.1) is 20.8 Å². The van der Waals surface area contributed by atoms with E-state index in [9.17, 15) is 8.42 Å². The lowest BCUT2D eigenvalue weighted by Crippen LogP contribution is -2.29. The van der Waals surface area contributed by atoms with Crippen molar-refractivity contribution in [2.24, 2.45) is 0 Å². The van der Waals surface area contributed by atoms with Gasteiger partial charge < -0.3 is 0 Å². The largest absolute Gasteiger partial charge is 0.331 e. The molecule has 2 aromatic carbocycles. The van der Waals surface area contributed by atoms with Gasteiger partial charge in [-0.2, -0.15) is 8.42 Å². The van der Waals surface area contributed by atoms with Crippen LogP contribution in [0.15, 0.2) is 47.4 Å². The van der Waals surface area contributed by atoms with Crippen LogP contribution >= 0.6 is 0 Å². The smallest absolute Gasteiger partial charge is 0.269 e. The number of amidine groups is 1. The Morgan fingerprint density at radius 1 is 1.00 bits per heavy atom. The molecular formula is C18H21N2O2S+. The van der Waals surface area contributed by atoms with Crippen molar-refractivity contribution >= 4 is 15.9 Å². The SMILES string of the molecule is Cc1cc(C)c(S(=O)(=O)[N+]2=C(c3ccccc3)NCC2)c(C)c1. The summed E-state index contributed by atoms with van der Waals surface area (Å²) in [5.74, 6) is 0.657. The molecule has 1 aliphatic heterocycles. The fraction of sp³-hybridized carbons (Fsp3) is 0.278. The molecule has 0 aromatic heterocycles. The average Bonchev–Trinajstić information content (AvgIpc) is 2.97. The molecule has 0 atom stereocenters. The van der Waals surface area contributed by atoms with Crippen molar-refractivity contribution in [2.75, 3.05) is 13.1 Å². The fourth-order valence-electron chi connectivity index (χ4n) is 3.24. The highest BCUT2D eigenvalue weighted by molar-refractivity contribution is 7.85. The van der Waals surface area contributed by atoms with Gasteiger partial charge in [0.2, 0.25) is 0 Å². The second kappa shape index (κ2) is 5.81. The molecule has 0 saturated heterocycles. The summed E-state index contributed by atoms with van der Waals surface area (Å²) in [6, 6.07) is 13.4. The molecule has 120 valence electrons. The first-order chi connectivity index (χ1) is 10.9. The molecule has 5 heteroatoms. The molecule has 4 nitrogen and oxygen atoms in total. The third-order valence-corrected chi connectivity index (χ3v) is 6.16. The summed E-state index contributed by atoms with van der Waals surface area (Å²) in [6.07, 6.45) is 0. The van der Waals surface area contributed by atoms with E-state index in [1.807, 2.05) is 63.2 Å². The molecule has 1 N–H and O–H groups in total. The van der Waals surface area contributed by atoms with E-state index in [2.05, 4.69) is 5.32 Å². The van der Waals surface area contributed by atoms with Crippen molar-refractivity contribution in [3.05, 3.63) is 64.7 Å². The van der Waals surface area contributed by atoms with Crippen LogP contribution in [0.25, 0.3) is 0 Å². The monoisotopic (exact) mass is 329 g/mol. The predicted molar refractivity (Wildman–Crippen MR) is 91.5 cm³/mol. The molecule has 0 bridgehead atoms. The zero-order valence-electron chi connectivity index (χ0n) is 13.6. The van der Waals surface area contributed by atoms with Crippen LogP contribution in [0.5, 0.6) is 0 Å². The Morgan fingerprint density at radius 2 is 1.61 bits per heavy atom. The van der Waals surface area contributed by atoms with E-state index in [0.717, 1.165) is 22.3 Å². The summed E-state index contributed by atoms with van der Waals surface area (Å²) in [6.45, 7) is 6.76. The van der Waals surface area contributed by atoms with Gasteiger partial charge >= 0.3 is 10.0 Å². The molecule has 0 radical (unpaired) electrons. The first-order valence-corrected chi connectivity index (χ1v) is 9.12. The van der Waals surface area contributed by atoms with Crippen molar-refractivity contribution in [1.29, 1.82) is 0 Å². The maximum atomic E-state index is 13.2. The van der Waals surface area contributed by atoms with Crippen LogP contribution < -0.4 is 5.32 Å². The molecule has 0 fully saturated rings. The van der Waals surface area contributed by atoms with Gasteiger partial charge in [-0.1, -0.05) is 35.9 Å². The highest BCUT2D eigenvalue weighted by Crippen LogP contribution is 2.24. The maximum absolute atomic E-state index is 13.2. The number of nitrogens with one attached hydrogen (secondary N) is 1. The molecule has 23 heavy (non-hydrogen) atoms. The van der Waals surface area contributed by atoms with Gasteiger partial charge in [0.25, 0.3) is 5.84 Å². The van der Waals surface area contributed by atoms with Gasteiger partial charge in [0.15, 0.2) is 0 Å². The summed E-state index contributed by atoms with van der Waals surface area (Å²) in [5, 5.41) is 3.21. The second-order valence-electron chi connectivity index (χ2n) is 5.95. The maximum Gasteiger partial charge on any atom is 0.331 e. The van der Waals surface area contributed by atoms with E-state index in [0.29, 0.717) is 23.8 Å². The van der Waals surface area contributed by atoms with Crippen LogP contribution in [-0.2, 0) is 10.0 Å². The molecule has 3 rings (SSSR count). The van der Waals surface area contributed by atoms with E-state index in [-0.39, 0.29) is 0 Å². The van der Waals surface area contributed by atoms with E-state index in [4.69, 9.17) is 0 Å². The number of benzene rings is 2. The number of nitrogens with zero attached hydrogens (tertiary/aromatic N) is 1. The standard InChI is InChI=1S/C18H20N2O2S/c1-13-11-14(2)17(15(3)12-13)23(21,22)20-10-9-19-18(20)16-7-5-4-6-8-16/h4-8,11-12H,9-10H2,1-3H3/p+1. The minimum Gasteiger partial charge on any atom is -0.269 e. The molecule has 0 unspecified atom stereocenters. The lowest BCUT2D eigenvalue weighted by atomic mass is 10.1. The Hall–Kier alpha value is -2.14. The summed E-state index contributed by atoms with van der Waals surface area (Å²) < 4.78 is 28.0. The lowest BCUT2D eigenvalue weighted by molar-refractivity contribution is -0.352. The van der Waals surface area contributed by atoms with Gasteiger partial charge in [0.05, 0.1) is 5.56 Å². The molecule has 1 aliphatic rings. The van der Waals surface area contributed by atoms with Gasteiger partial charge in [-0.15, -0.1) is 3.98 Å². The number of hydrogen-bond acceptors (Lipinski definition) is 3. The quantitative estimate of drug-likeness (QED) is 0.880. The van der Waals surface area contributed by atoms with Crippen molar-refractivity contribution in [2.45, 2.75) is 25.7 Å². The van der Waals surface area contributed by atoms with Gasteiger partial charge in [-0.3, -0.25) is 5.32 Å². The number of rotatable bonds is 3. The molecule has 2 aromatic rings. The number of sulfonamides is 1. The summed E-state index contributed by atoms with van der Waals surface area (Å²) >= 11 is 0. The Morgan fingerprint density at radius 3 is 2.22 bits per heavy atom. The van der Waals surface area contributed by atoms with Gasteiger partial charge in [0.1, 0.15) is 18.0 Å². The van der Waals surface area contributed by atoms with Gasteiger partial charge in [0, 0.05) is 0 Å². The summed E-state index contributed by atoms with van der Waals surface area (Å²) in [5.41, 5.74) is 3.55. The third kappa shape index (κ3) is 2.77. The first kappa shape index (κ1) is 15.7. The number of aryl methyl sites for hydroxylation is 3. The molecule has 0 aliphatic carbocycles. The number of hydrogen-bond donors (Lipinski definition) is 1. The zero-order chi connectivity index (χ0) is 16.6. The highest BCUT2D eigenvalue weighted by Gasteiger charge is 2.35. The third-order valence-electron chi connectivity index (χ3n) is 4.06.